The van der Waals surface area contributed by atoms with Gasteiger partial charge in [0.2, 0.25) is 5.13 Å². The Balaban J connectivity index is 2.59. The van der Waals surface area contributed by atoms with Crippen LogP contribution in [0, 0.1) is 0 Å². The normalized spacial score (nSPS) is 12.0. The first-order valence-corrected chi connectivity index (χ1v) is 6.53. The van der Waals surface area contributed by atoms with Crippen LogP contribution in [0.3, 0.4) is 0 Å². The van der Waals surface area contributed by atoms with Gasteiger partial charge in [0.15, 0.2) is 0 Å². The summed E-state index contributed by atoms with van der Waals surface area (Å²) in [6.45, 7) is 6.31. The number of thiazole rings is 1. The van der Waals surface area contributed by atoms with E-state index in [0.717, 1.165) is 15.3 Å². The second kappa shape index (κ2) is 3.85. The van der Waals surface area contributed by atoms with E-state index in [1.807, 2.05) is 5.38 Å². The van der Waals surface area contributed by atoms with Gasteiger partial charge in [-0.25, -0.2) is 4.98 Å². The summed E-state index contributed by atoms with van der Waals surface area (Å²) in [7, 11) is 0. The zero-order chi connectivity index (χ0) is 11.9. The maximum atomic E-state index is 6.01. The van der Waals surface area contributed by atoms with Crippen molar-refractivity contribution in [3.05, 3.63) is 21.7 Å². The molecule has 0 fully saturated rings. The molecule has 0 amide bonds. The van der Waals surface area contributed by atoms with Crippen LogP contribution >= 0.6 is 27.3 Å². The molecule has 0 unspecified atom stereocenters. The van der Waals surface area contributed by atoms with Crippen molar-refractivity contribution >= 4 is 33.1 Å². The molecule has 6 heteroatoms. The van der Waals surface area contributed by atoms with Gasteiger partial charge < -0.3 is 5.73 Å². The first-order valence-electron chi connectivity index (χ1n) is 4.85. The molecule has 16 heavy (non-hydrogen) atoms. The minimum absolute atomic E-state index is 0.0462. The highest BCUT2D eigenvalue weighted by Crippen LogP contribution is 2.34. The number of hydrogen-bond donors (Lipinski definition) is 1. The number of rotatable bonds is 1. The van der Waals surface area contributed by atoms with Gasteiger partial charge in [-0.05, 0) is 15.9 Å². The van der Waals surface area contributed by atoms with Crippen LogP contribution in [0.5, 0.6) is 0 Å². The Morgan fingerprint density at radius 3 is 2.56 bits per heavy atom. The van der Waals surface area contributed by atoms with E-state index in [0.29, 0.717) is 5.82 Å². The summed E-state index contributed by atoms with van der Waals surface area (Å²) >= 11 is 5.00. The lowest BCUT2D eigenvalue weighted by Crippen LogP contribution is -2.13. The summed E-state index contributed by atoms with van der Waals surface area (Å²) in [5.74, 6) is 0.597. The molecular formula is C10H13BrN4S. The van der Waals surface area contributed by atoms with Gasteiger partial charge in [0.1, 0.15) is 5.82 Å². The number of nitrogen functional groups attached to an aromatic ring is 1. The number of halogens is 1. The largest absolute Gasteiger partial charge is 0.383 e. The van der Waals surface area contributed by atoms with Crippen molar-refractivity contribution in [2.24, 2.45) is 0 Å². The maximum Gasteiger partial charge on any atom is 0.212 e. The molecule has 4 nitrogen and oxygen atoms in total. The summed E-state index contributed by atoms with van der Waals surface area (Å²) in [5, 5.41) is 7.21. The molecular weight excluding hydrogens is 288 g/mol. The summed E-state index contributed by atoms with van der Waals surface area (Å²) in [6.07, 6.45) is 1.74. The molecule has 2 rings (SSSR count). The summed E-state index contributed by atoms with van der Waals surface area (Å²) in [6, 6.07) is 0. The van der Waals surface area contributed by atoms with Gasteiger partial charge in [-0.15, -0.1) is 11.3 Å². The molecule has 0 aromatic carbocycles. The van der Waals surface area contributed by atoms with Gasteiger partial charge in [-0.2, -0.15) is 9.78 Å². The standard InChI is InChI=1S/C10H13BrN4S/c1-10(2,3)7-6(11)8(12)15(14-7)9-13-4-5-16-9/h4-5H,12H2,1-3H3. The SMILES string of the molecule is CC(C)(C)c1nn(-c2nccs2)c(N)c1Br. The molecule has 0 aliphatic heterocycles. The number of anilines is 1. The van der Waals surface area contributed by atoms with Crippen molar-refractivity contribution in [1.82, 2.24) is 14.8 Å². The number of nitrogens with two attached hydrogens (primary N) is 1. The van der Waals surface area contributed by atoms with E-state index in [2.05, 4.69) is 46.8 Å². The van der Waals surface area contributed by atoms with Crippen LogP contribution in [0.2, 0.25) is 0 Å². The Morgan fingerprint density at radius 1 is 1.44 bits per heavy atom. The molecule has 2 N–H and O–H groups in total. The highest BCUT2D eigenvalue weighted by molar-refractivity contribution is 9.10. The van der Waals surface area contributed by atoms with Crippen LogP contribution in [0.1, 0.15) is 26.5 Å². The topological polar surface area (TPSA) is 56.7 Å². The van der Waals surface area contributed by atoms with Crippen molar-refractivity contribution in [2.75, 3.05) is 5.73 Å². The summed E-state index contributed by atoms with van der Waals surface area (Å²) in [5.41, 5.74) is 6.91. The molecule has 2 aromatic heterocycles. The molecule has 0 radical (unpaired) electrons. The quantitative estimate of drug-likeness (QED) is 0.881. The molecule has 0 spiro atoms. The Hall–Kier alpha value is -0.880. The second-order valence-corrected chi connectivity index (χ2v) is 6.19. The van der Waals surface area contributed by atoms with Gasteiger partial charge in [-0.3, -0.25) is 0 Å². The maximum absolute atomic E-state index is 6.01. The average Bonchev–Trinajstić information content (AvgIpc) is 2.75. The van der Waals surface area contributed by atoms with Gasteiger partial charge in [0, 0.05) is 17.0 Å². The second-order valence-electron chi connectivity index (χ2n) is 4.52. The lowest BCUT2D eigenvalue weighted by molar-refractivity contribution is 0.558. The van der Waals surface area contributed by atoms with E-state index in [4.69, 9.17) is 5.73 Å². The summed E-state index contributed by atoms with van der Waals surface area (Å²) in [4.78, 5) is 4.20. The minimum Gasteiger partial charge on any atom is -0.383 e. The van der Waals surface area contributed by atoms with E-state index in [9.17, 15) is 0 Å². The first kappa shape index (κ1) is 11.6. The van der Waals surface area contributed by atoms with E-state index in [-0.39, 0.29) is 5.41 Å². The molecule has 0 aliphatic carbocycles. The Morgan fingerprint density at radius 2 is 2.12 bits per heavy atom. The van der Waals surface area contributed by atoms with E-state index >= 15 is 0 Å². The predicted molar refractivity (Wildman–Crippen MR) is 70.0 cm³/mol. The average molecular weight is 301 g/mol. The van der Waals surface area contributed by atoms with Crippen molar-refractivity contribution in [1.29, 1.82) is 0 Å². The molecule has 2 heterocycles. The fourth-order valence-electron chi connectivity index (χ4n) is 1.36. The third-order valence-electron chi connectivity index (χ3n) is 2.17. The zero-order valence-corrected chi connectivity index (χ0v) is 11.8. The Labute approximate surface area is 107 Å². The van der Waals surface area contributed by atoms with Crippen molar-refractivity contribution in [2.45, 2.75) is 26.2 Å². The summed E-state index contributed by atoms with van der Waals surface area (Å²) < 4.78 is 2.53. The van der Waals surface area contributed by atoms with Gasteiger partial charge >= 0.3 is 0 Å². The Bertz CT molecular complexity index is 496. The van der Waals surface area contributed by atoms with E-state index in [1.54, 1.807) is 10.9 Å². The smallest absolute Gasteiger partial charge is 0.212 e. The third kappa shape index (κ3) is 1.87. The first-order chi connectivity index (χ1) is 7.41. The van der Waals surface area contributed by atoms with Crippen LogP contribution < -0.4 is 5.73 Å². The molecule has 0 atom stereocenters. The molecule has 0 bridgehead atoms. The van der Waals surface area contributed by atoms with Crippen LogP contribution in [-0.2, 0) is 5.41 Å². The molecule has 0 aliphatic rings. The van der Waals surface area contributed by atoms with Crippen molar-refractivity contribution in [3.63, 3.8) is 0 Å². The highest BCUT2D eigenvalue weighted by Gasteiger charge is 2.25. The van der Waals surface area contributed by atoms with E-state index < -0.39 is 0 Å². The molecule has 86 valence electrons. The lowest BCUT2D eigenvalue weighted by Gasteiger charge is -2.15. The van der Waals surface area contributed by atoms with Gasteiger partial charge in [-0.1, -0.05) is 20.8 Å². The zero-order valence-electron chi connectivity index (χ0n) is 9.36. The fourth-order valence-corrected chi connectivity index (χ4v) is 2.80. The monoisotopic (exact) mass is 300 g/mol. The number of aromatic nitrogens is 3. The minimum atomic E-state index is -0.0462. The Kier molecular flexibility index (Phi) is 2.79. The van der Waals surface area contributed by atoms with Crippen molar-refractivity contribution in [3.8, 4) is 5.13 Å². The van der Waals surface area contributed by atoms with Gasteiger partial charge in [0.05, 0.1) is 10.2 Å². The van der Waals surface area contributed by atoms with Crippen molar-refractivity contribution < 1.29 is 0 Å². The highest BCUT2D eigenvalue weighted by atomic mass is 79.9. The van der Waals surface area contributed by atoms with Crippen LogP contribution in [0.15, 0.2) is 16.0 Å². The molecule has 0 saturated heterocycles. The fraction of sp³-hybridized carbons (Fsp3) is 0.400. The number of hydrogen-bond acceptors (Lipinski definition) is 4. The predicted octanol–water partition coefficient (Wildman–Crippen LogP) is 2.97. The third-order valence-corrected chi connectivity index (χ3v) is 3.70. The molecule has 2 aromatic rings. The van der Waals surface area contributed by atoms with Gasteiger partial charge in [0.25, 0.3) is 0 Å². The van der Waals surface area contributed by atoms with E-state index in [1.165, 1.54) is 11.3 Å². The van der Waals surface area contributed by atoms with Crippen LogP contribution in [0.25, 0.3) is 5.13 Å². The number of nitrogens with zero attached hydrogens (tertiary/aromatic N) is 3. The molecule has 0 saturated carbocycles. The van der Waals surface area contributed by atoms with Crippen LogP contribution in [-0.4, -0.2) is 14.8 Å². The lowest BCUT2D eigenvalue weighted by atomic mass is 9.92. The van der Waals surface area contributed by atoms with Crippen LogP contribution in [0.4, 0.5) is 5.82 Å².